The lowest BCUT2D eigenvalue weighted by Crippen LogP contribution is -2.27. The van der Waals surface area contributed by atoms with Crippen molar-refractivity contribution in [2.75, 3.05) is 37.2 Å². The van der Waals surface area contributed by atoms with E-state index in [1.54, 1.807) is 42.5 Å². The van der Waals surface area contributed by atoms with Crippen LogP contribution in [0.2, 0.25) is 0 Å². The van der Waals surface area contributed by atoms with Crippen molar-refractivity contribution in [3.63, 3.8) is 0 Å². The molecule has 0 N–H and O–H groups in total. The topological polar surface area (TPSA) is 70.8 Å². The Hall–Kier alpha value is -3.23. The maximum Gasteiger partial charge on any atom is 0.235 e. The number of sulfonamides is 1. The van der Waals surface area contributed by atoms with Gasteiger partial charge in [-0.15, -0.1) is 0 Å². The van der Waals surface area contributed by atoms with Gasteiger partial charge < -0.3 is 9.32 Å². The molecule has 1 aliphatic rings. The minimum Gasteiger partial charge on any atom is -0.463 e. The summed E-state index contributed by atoms with van der Waals surface area (Å²) in [6.45, 7) is 1.10. The highest BCUT2D eigenvalue weighted by Crippen LogP contribution is 2.34. The molecule has 8 heteroatoms. The summed E-state index contributed by atoms with van der Waals surface area (Å²) in [6.07, 6.45) is 2.52. The number of benzene rings is 3. The molecule has 3 aromatic carbocycles. The Morgan fingerprint density at radius 3 is 2.50 bits per heavy atom. The summed E-state index contributed by atoms with van der Waals surface area (Å²) in [5.74, 6) is -0.245. The lowest BCUT2D eigenvalue weighted by molar-refractivity contribution is 0.414. The van der Waals surface area contributed by atoms with Crippen molar-refractivity contribution in [3.05, 3.63) is 76.4 Å². The smallest absolute Gasteiger partial charge is 0.235 e. The van der Waals surface area contributed by atoms with Gasteiger partial charge >= 0.3 is 0 Å². The zero-order valence-electron chi connectivity index (χ0n) is 19.0. The monoisotopic (exact) mass is 480 g/mol. The van der Waals surface area contributed by atoms with E-state index in [0.29, 0.717) is 64.5 Å². The summed E-state index contributed by atoms with van der Waals surface area (Å²) in [6, 6.07) is 13.4. The van der Waals surface area contributed by atoms with Crippen LogP contribution in [0.4, 0.5) is 10.1 Å². The molecule has 6 nitrogen and oxygen atoms in total. The fraction of sp³-hybridized carbons (Fsp3) is 0.269. The zero-order chi connectivity index (χ0) is 24.0. The average Bonchev–Trinajstić information content (AvgIpc) is 3.17. The fourth-order valence-corrected chi connectivity index (χ4v) is 6.17. The molecule has 0 spiro atoms. The second-order valence-electron chi connectivity index (χ2n) is 8.89. The summed E-state index contributed by atoms with van der Waals surface area (Å²) >= 11 is 0. The quantitative estimate of drug-likeness (QED) is 0.424. The van der Waals surface area contributed by atoms with Crippen molar-refractivity contribution in [2.45, 2.75) is 12.8 Å². The SMILES string of the molecule is CN(C)CCc1cc2c(=O)c(-c3ccc(F)c4ccccc34)coc2cc1N1CCCS1(=O)=O. The minimum absolute atomic E-state index is 0.110. The maximum absolute atomic E-state index is 14.3. The van der Waals surface area contributed by atoms with Gasteiger partial charge in [-0.05, 0) is 55.6 Å². The van der Waals surface area contributed by atoms with E-state index in [0.717, 1.165) is 5.56 Å². The molecular formula is C26H25FN2O4S. The van der Waals surface area contributed by atoms with Crippen molar-refractivity contribution in [2.24, 2.45) is 0 Å². The largest absolute Gasteiger partial charge is 0.463 e. The molecule has 0 bridgehead atoms. The molecule has 5 rings (SSSR count). The first-order chi connectivity index (χ1) is 16.3. The fourth-order valence-electron chi connectivity index (χ4n) is 4.58. The van der Waals surface area contributed by atoms with Gasteiger partial charge in [0, 0.05) is 24.5 Å². The number of hydrogen-bond acceptors (Lipinski definition) is 5. The van der Waals surface area contributed by atoms with Crippen LogP contribution < -0.4 is 9.73 Å². The van der Waals surface area contributed by atoms with Crippen LogP contribution in [0.5, 0.6) is 0 Å². The van der Waals surface area contributed by atoms with Crippen LogP contribution in [0, 0.1) is 5.82 Å². The van der Waals surface area contributed by atoms with Gasteiger partial charge in [-0.1, -0.05) is 30.3 Å². The summed E-state index contributed by atoms with van der Waals surface area (Å²) in [4.78, 5) is 15.6. The molecule has 1 fully saturated rings. The molecule has 1 aliphatic heterocycles. The van der Waals surface area contributed by atoms with Crippen LogP contribution in [-0.4, -0.2) is 46.3 Å². The van der Waals surface area contributed by atoms with E-state index >= 15 is 0 Å². The molecule has 0 unspecified atom stereocenters. The predicted octanol–water partition coefficient (Wildman–Crippen LogP) is 4.40. The molecule has 34 heavy (non-hydrogen) atoms. The lowest BCUT2D eigenvalue weighted by Gasteiger charge is -2.22. The van der Waals surface area contributed by atoms with Gasteiger partial charge in [0.25, 0.3) is 0 Å². The van der Waals surface area contributed by atoms with E-state index in [4.69, 9.17) is 4.42 Å². The van der Waals surface area contributed by atoms with Crippen molar-refractivity contribution in [1.29, 1.82) is 0 Å². The van der Waals surface area contributed by atoms with Gasteiger partial charge in [-0.25, -0.2) is 12.8 Å². The van der Waals surface area contributed by atoms with E-state index < -0.39 is 10.0 Å². The Morgan fingerprint density at radius 1 is 1.03 bits per heavy atom. The molecule has 0 atom stereocenters. The highest BCUT2D eigenvalue weighted by molar-refractivity contribution is 7.93. The first-order valence-electron chi connectivity index (χ1n) is 11.2. The molecule has 0 aliphatic carbocycles. The van der Waals surface area contributed by atoms with Gasteiger partial charge in [0.15, 0.2) is 0 Å². The van der Waals surface area contributed by atoms with Crippen LogP contribution in [0.25, 0.3) is 32.9 Å². The Kier molecular flexibility index (Phi) is 5.65. The van der Waals surface area contributed by atoms with Crippen LogP contribution in [0.1, 0.15) is 12.0 Å². The number of hydrogen-bond donors (Lipinski definition) is 0. The number of fused-ring (bicyclic) bond motifs is 2. The molecule has 176 valence electrons. The first kappa shape index (κ1) is 22.6. The van der Waals surface area contributed by atoms with Gasteiger partial charge in [-0.3, -0.25) is 9.10 Å². The lowest BCUT2D eigenvalue weighted by atomic mass is 9.97. The summed E-state index contributed by atoms with van der Waals surface area (Å²) in [5.41, 5.74) is 2.36. The number of anilines is 1. The van der Waals surface area contributed by atoms with E-state index in [9.17, 15) is 17.6 Å². The minimum atomic E-state index is -3.40. The molecule has 0 saturated carbocycles. The molecule has 0 amide bonds. The van der Waals surface area contributed by atoms with E-state index in [1.165, 1.54) is 16.6 Å². The maximum atomic E-state index is 14.3. The second kappa shape index (κ2) is 8.52. The standard InChI is InChI=1S/C26H25FN2O4S/c1-28(2)12-10-17-14-21-25(15-24(17)29-11-5-13-34(29,31)32)33-16-22(26(21)30)19-8-9-23(27)20-7-4-3-6-18(19)20/h3-4,6-9,14-16H,5,10-13H2,1-2H3. The van der Waals surface area contributed by atoms with Gasteiger partial charge in [0.05, 0.1) is 22.4 Å². The van der Waals surface area contributed by atoms with Gasteiger partial charge in [-0.2, -0.15) is 0 Å². The van der Waals surface area contributed by atoms with Crippen LogP contribution in [-0.2, 0) is 16.4 Å². The van der Waals surface area contributed by atoms with Gasteiger partial charge in [0.1, 0.15) is 17.7 Å². The molecule has 2 heterocycles. The average molecular weight is 481 g/mol. The third-order valence-electron chi connectivity index (χ3n) is 6.33. The molecule has 0 radical (unpaired) electrons. The Labute approximate surface area is 197 Å². The highest BCUT2D eigenvalue weighted by Gasteiger charge is 2.30. The Bertz CT molecular complexity index is 1580. The van der Waals surface area contributed by atoms with Crippen molar-refractivity contribution in [3.8, 4) is 11.1 Å². The van der Waals surface area contributed by atoms with Crippen LogP contribution in [0.15, 0.2) is 64.0 Å². The Balaban J connectivity index is 1.72. The normalized spacial score (nSPS) is 15.6. The highest BCUT2D eigenvalue weighted by atomic mass is 32.2. The third kappa shape index (κ3) is 3.86. The summed E-state index contributed by atoms with van der Waals surface area (Å²) < 4.78 is 46.9. The Morgan fingerprint density at radius 2 is 1.79 bits per heavy atom. The molecule has 4 aromatic rings. The number of likely N-dealkylation sites (N-methyl/N-ethyl adjacent to an activating group) is 1. The van der Waals surface area contributed by atoms with E-state index in [-0.39, 0.29) is 17.0 Å². The third-order valence-corrected chi connectivity index (χ3v) is 8.19. The van der Waals surface area contributed by atoms with E-state index in [2.05, 4.69) is 0 Å². The number of halogens is 1. The zero-order valence-corrected chi connectivity index (χ0v) is 19.9. The number of nitrogens with zero attached hydrogens (tertiary/aromatic N) is 2. The van der Waals surface area contributed by atoms with Crippen LogP contribution in [0.3, 0.4) is 0 Å². The summed E-state index contributed by atoms with van der Waals surface area (Å²) in [5, 5.41) is 1.43. The first-order valence-corrected chi connectivity index (χ1v) is 12.8. The van der Waals surface area contributed by atoms with Crippen molar-refractivity contribution >= 4 is 37.5 Å². The molecule has 1 saturated heterocycles. The van der Waals surface area contributed by atoms with Crippen LogP contribution >= 0.6 is 0 Å². The van der Waals surface area contributed by atoms with Gasteiger partial charge in [0.2, 0.25) is 15.5 Å². The number of rotatable bonds is 5. The second-order valence-corrected chi connectivity index (χ2v) is 10.9. The summed E-state index contributed by atoms with van der Waals surface area (Å²) in [7, 11) is 0.493. The predicted molar refractivity (Wildman–Crippen MR) is 133 cm³/mol. The van der Waals surface area contributed by atoms with E-state index in [1.807, 2.05) is 19.0 Å². The van der Waals surface area contributed by atoms with Crippen molar-refractivity contribution in [1.82, 2.24) is 4.90 Å². The van der Waals surface area contributed by atoms with Crippen molar-refractivity contribution < 1.29 is 17.2 Å². The molecule has 1 aromatic heterocycles. The molecular weight excluding hydrogens is 455 g/mol.